The zero-order chi connectivity index (χ0) is 38.6. The Morgan fingerprint density at radius 1 is 0.553 bits per heavy atom. The summed E-state index contributed by atoms with van der Waals surface area (Å²) in [5, 5.41) is 9.15. The second-order valence-electron chi connectivity index (χ2n) is 8.95. The summed E-state index contributed by atoms with van der Waals surface area (Å²) >= 11 is 0. The molecular weight excluding hydrogens is 748 g/mol. The van der Waals surface area contributed by atoms with Crippen LogP contribution in [-0.2, 0) is 14.3 Å². The van der Waals surface area contributed by atoms with Crippen molar-refractivity contribution in [1.82, 2.24) is 0 Å². The van der Waals surface area contributed by atoms with E-state index in [1.54, 1.807) is 0 Å². The number of carbonyl (C=O) groups is 1. The number of hydrogen-bond donors (Lipinski definition) is 1. The van der Waals surface area contributed by atoms with Gasteiger partial charge in [-0.2, -0.15) is 96.6 Å². The predicted octanol–water partition coefficient (Wildman–Crippen LogP) is 7.69. The number of esters is 1. The van der Waals surface area contributed by atoms with Crippen molar-refractivity contribution in [3.63, 3.8) is 0 Å². The molecule has 0 aromatic heterocycles. The van der Waals surface area contributed by atoms with Crippen LogP contribution in [0, 0.1) is 0 Å². The van der Waals surface area contributed by atoms with Crippen LogP contribution in [-0.4, -0.2) is 102 Å². The van der Waals surface area contributed by atoms with Gasteiger partial charge in [-0.15, -0.1) is 0 Å². The lowest BCUT2D eigenvalue weighted by Gasteiger charge is -2.45. The second-order valence-corrected chi connectivity index (χ2v) is 8.95. The molecule has 47 heavy (non-hydrogen) atoms. The maximum atomic E-state index is 13.8. The fourth-order valence-electron chi connectivity index (χ4n) is 2.54. The lowest BCUT2D eigenvalue weighted by atomic mass is 9.85. The van der Waals surface area contributed by atoms with Crippen LogP contribution in [0.2, 0.25) is 0 Å². The molecule has 1 N–H and O–H groups in total. The van der Waals surface area contributed by atoms with Crippen molar-refractivity contribution in [3.05, 3.63) is 12.2 Å². The average molecular weight is 760 g/mol. The maximum Gasteiger partial charge on any atom is 0.426 e. The zero-order valence-corrected chi connectivity index (χ0v) is 21.5. The van der Waals surface area contributed by atoms with E-state index < -0.39 is 103 Å². The number of rotatable bonds is 17. The molecule has 0 radical (unpaired) electrons. The highest BCUT2D eigenvalue weighted by atomic mass is 19.4. The van der Waals surface area contributed by atoms with Gasteiger partial charge >= 0.3 is 77.7 Å². The number of aliphatic hydroxyl groups excluding tert-OH is 1. The van der Waals surface area contributed by atoms with Gasteiger partial charge in [0, 0.05) is 5.57 Å². The first-order valence-corrected chi connectivity index (χ1v) is 10.8. The molecule has 0 fully saturated rings. The molecule has 0 aliphatic heterocycles. The van der Waals surface area contributed by atoms with Gasteiger partial charge in [0.2, 0.25) is 0 Å². The minimum Gasteiger partial charge on any atom is -0.460 e. The van der Waals surface area contributed by atoms with Crippen LogP contribution in [0.25, 0.3) is 0 Å². The molecule has 0 aliphatic carbocycles. The molecule has 28 heteroatoms. The van der Waals surface area contributed by atoms with Gasteiger partial charge in [0.1, 0.15) is 12.7 Å². The topological polar surface area (TPSA) is 55.8 Å². The van der Waals surface area contributed by atoms with Gasteiger partial charge in [-0.25, -0.2) is 13.6 Å². The Hall–Kier alpha value is -2.55. The number of halogens is 24. The molecule has 1 atom stereocenters. The first kappa shape index (κ1) is 44.5. The highest BCUT2D eigenvalue weighted by molar-refractivity contribution is 5.86. The van der Waals surface area contributed by atoms with Crippen molar-refractivity contribution in [3.8, 4) is 0 Å². The van der Waals surface area contributed by atoms with Crippen molar-refractivity contribution < 1.29 is 125 Å². The van der Waals surface area contributed by atoms with E-state index in [0.717, 1.165) is 6.92 Å². The van der Waals surface area contributed by atoms with Crippen LogP contribution in [0.4, 0.5) is 105 Å². The number of alkyl halides is 24. The fourth-order valence-corrected chi connectivity index (χ4v) is 2.54. The summed E-state index contributed by atoms with van der Waals surface area (Å²) in [7, 11) is 0. The van der Waals surface area contributed by atoms with Crippen LogP contribution in [0.3, 0.4) is 0 Å². The summed E-state index contributed by atoms with van der Waals surface area (Å²) in [4.78, 5) is 11.0. The number of ether oxygens (including phenoxy) is 2. The second kappa shape index (κ2) is 12.4. The van der Waals surface area contributed by atoms with Gasteiger partial charge in [0.05, 0.1) is 6.61 Å². The van der Waals surface area contributed by atoms with Gasteiger partial charge in [0.15, 0.2) is 0 Å². The Labute approximate surface area is 242 Å². The smallest absolute Gasteiger partial charge is 0.426 e. The van der Waals surface area contributed by atoms with E-state index in [1.165, 1.54) is 0 Å². The third kappa shape index (κ3) is 6.35. The molecule has 280 valence electrons. The van der Waals surface area contributed by atoms with Crippen LogP contribution in [0.5, 0.6) is 0 Å². The Morgan fingerprint density at radius 3 is 1.11 bits per heavy atom. The molecule has 0 heterocycles. The Bertz CT molecular complexity index is 1150. The van der Waals surface area contributed by atoms with Crippen LogP contribution in [0.15, 0.2) is 12.2 Å². The Kier molecular flexibility index (Phi) is 11.7. The third-order valence-corrected chi connectivity index (χ3v) is 5.43. The van der Waals surface area contributed by atoms with Gasteiger partial charge < -0.3 is 14.6 Å². The standard InChI is InChI=1S/C19H12F24O4/c1-5(2)7(45)46-3-6(44)4-47-19(42,43)18(40,41)17(38,39)16(36,37)15(34,35)14(32,33)13(30,31)12(28,29)11(26,27)10(24,25)9(22,23)8(20)21/h6,8,44H,1,3-4H2,2H3. The summed E-state index contributed by atoms with van der Waals surface area (Å²) < 4.78 is 329. The molecule has 0 saturated heterocycles. The lowest BCUT2D eigenvalue weighted by molar-refractivity contribution is -0.486. The van der Waals surface area contributed by atoms with E-state index in [1.807, 2.05) is 0 Å². The van der Waals surface area contributed by atoms with Crippen molar-refractivity contribution in [1.29, 1.82) is 0 Å². The van der Waals surface area contributed by atoms with Crippen LogP contribution < -0.4 is 0 Å². The fraction of sp³-hybridized carbons (Fsp3) is 0.842. The van der Waals surface area contributed by atoms with E-state index in [9.17, 15) is 110 Å². The molecule has 0 bridgehead atoms. The molecule has 0 saturated carbocycles. The monoisotopic (exact) mass is 760 g/mol. The summed E-state index contributed by atoms with van der Waals surface area (Å²) in [6, 6.07) is 0. The first-order valence-electron chi connectivity index (χ1n) is 10.8. The molecule has 4 nitrogen and oxygen atoms in total. The van der Waals surface area contributed by atoms with Crippen molar-refractivity contribution >= 4 is 5.97 Å². The Morgan fingerprint density at radius 2 is 0.830 bits per heavy atom. The van der Waals surface area contributed by atoms with E-state index >= 15 is 0 Å². The third-order valence-electron chi connectivity index (χ3n) is 5.43. The SMILES string of the molecule is C=C(C)C(=O)OCC(O)COC(F)(F)C(F)(F)C(F)(F)C(F)(F)C(F)(F)C(F)(F)C(F)(F)C(F)(F)C(F)(F)C(F)(F)C(F)(F)C(F)F. The molecule has 0 amide bonds. The molecule has 0 aromatic carbocycles. The van der Waals surface area contributed by atoms with Crippen molar-refractivity contribution in [2.45, 2.75) is 84.8 Å². The maximum absolute atomic E-state index is 13.8. The average Bonchev–Trinajstić information content (AvgIpc) is 2.88. The summed E-state index contributed by atoms with van der Waals surface area (Å²) in [5.41, 5.74) is -0.513. The molecule has 0 rings (SSSR count). The molecular formula is C19H12F24O4. The summed E-state index contributed by atoms with van der Waals surface area (Å²) in [6.07, 6.45) is -16.6. The van der Waals surface area contributed by atoms with Crippen molar-refractivity contribution in [2.24, 2.45) is 0 Å². The minimum absolute atomic E-state index is 0.513. The molecule has 0 aliphatic rings. The van der Waals surface area contributed by atoms with Gasteiger partial charge in [-0.1, -0.05) is 6.58 Å². The number of carbonyl (C=O) groups excluding carboxylic acids is 1. The Balaban J connectivity index is 6.87. The molecule has 0 spiro atoms. The normalized spacial score (nSPS) is 16.4. The number of aliphatic hydroxyl groups is 1. The first-order chi connectivity index (χ1) is 20.2. The van der Waals surface area contributed by atoms with E-state index in [2.05, 4.69) is 16.1 Å². The van der Waals surface area contributed by atoms with E-state index in [-0.39, 0.29) is 0 Å². The summed E-state index contributed by atoms with van der Waals surface area (Å²) in [5.74, 6) is -92.2. The van der Waals surface area contributed by atoms with E-state index in [4.69, 9.17) is 5.11 Å². The summed E-state index contributed by atoms with van der Waals surface area (Å²) in [6.45, 7) is -0.362. The largest absolute Gasteiger partial charge is 0.460 e. The highest BCUT2D eigenvalue weighted by Crippen LogP contribution is 2.67. The number of hydrogen-bond acceptors (Lipinski definition) is 4. The zero-order valence-electron chi connectivity index (χ0n) is 21.5. The molecule has 0 aromatic rings. The highest BCUT2D eigenvalue weighted by Gasteiger charge is 2.99. The van der Waals surface area contributed by atoms with Gasteiger partial charge in [0.25, 0.3) is 0 Å². The minimum atomic E-state index is -9.58. The predicted molar refractivity (Wildman–Crippen MR) is 98.2 cm³/mol. The van der Waals surface area contributed by atoms with Gasteiger partial charge in [-0.3, -0.25) is 0 Å². The van der Waals surface area contributed by atoms with Gasteiger partial charge in [-0.05, 0) is 6.92 Å². The van der Waals surface area contributed by atoms with E-state index in [0.29, 0.717) is 0 Å². The lowest BCUT2D eigenvalue weighted by Crippen LogP contribution is -2.78. The van der Waals surface area contributed by atoms with Crippen LogP contribution in [0.1, 0.15) is 6.92 Å². The van der Waals surface area contributed by atoms with Crippen LogP contribution >= 0.6 is 0 Å². The quantitative estimate of drug-likeness (QED) is 0.0940. The van der Waals surface area contributed by atoms with Crippen molar-refractivity contribution in [2.75, 3.05) is 13.2 Å². The molecule has 1 unspecified atom stereocenters.